The Bertz CT molecular complexity index is 627. The fraction of sp³-hybridized carbons (Fsp3) is 0.400. The van der Waals surface area contributed by atoms with Crippen molar-refractivity contribution >= 4 is 36.1 Å². The number of pyridine rings is 1. The van der Waals surface area contributed by atoms with Gasteiger partial charge in [0.25, 0.3) is 5.91 Å². The highest BCUT2D eigenvalue weighted by molar-refractivity contribution is 5.90. The lowest BCUT2D eigenvalue weighted by molar-refractivity contribution is -0.129. The van der Waals surface area contributed by atoms with Gasteiger partial charge in [-0.1, -0.05) is 0 Å². The predicted molar refractivity (Wildman–Crippen MR) is 89.3 cm³/mol. The van der Waals surface area contributed by atoms with Gasteiger partial charge in [-0.2, -0.15) is 0 Å². The number of nitrogens with one attached hydrogen (secondary N) is 2. The summed E-state index contributed by atoms with van der Waals surface area (Å²) < 4.78 is 14.1. The molecular formula is C15H20ClFN4O3. The van der Waals surface area contributed by atoms with Crippen LogP contribution >= 0.6 is 12.4 Å². The zero-order valence-corrected chi connectivity index (χ0v) is 14.0. The number of likely N-dealkylation sites (tertiary alicyclic amines) is 1. The molecule has 0 saturated carbocycles. The van der Waals surface area contributed by atoms with Crippen LogP contribution in [-0.2, 0) is 9.59 Å². The lowest BCUT2D eigenvalue weighted by Gasteiger charge is -2.32. The summed E-state index contributed by atoms with van der Waals surface area (Å²) in [7, 11) is 0. The summed E-state index contributed by atoms with van der Waals surface area (Å²) in [6.45, 7) is 2.76. The SMILES string of the molecule is CC(=O)N1CCC[C@@H](Nc2ncc(C=CC(=O)NO)cc2F)C1.Cl. The average molecular weight is 359 g/mol. The van der Waals surface area contributed by atoms with Gasteiger partial charge in [-0.25, -0.2) is 14.9 Å². The molecule has 1 atom stereocenters. The summed E-state index contributed by atoms with van der Waals surface area (Å²) in [5.74, 6) is -1.13. The van der Waals surface area contributed by atoms with Crippen molar-refractivity contribution in [2.45, 2.75) is 25.8 Å². The van der Waals surface area contributed by atoms with Crippen LogP contribution in [0.15, 0.2) is 18.3 Å². The quantitative estimate of drug-likeness (QED) is 0.431. The predicted octanol–water partition coefficient (Wildman–Crippen LogP) is 1.58. The van der Waals surface area contributed by atoms with Gasteiger partial charge in [0, 0.05) is 38.3 Å². The van der Waals surface area contributed by atoms with E-state index in [0.29, 0.717) is 12.1 Å². The second-order valence-electron chi connectivity index (χ2n) is 5.36. The Hall–Kier alpha value is -2.19. The number of nitrogens with zero attached hydrogens (tertiary/aromatic N) is 2. The molecule has 0 spiro atoms. The van der Waals surface area contributed by atoms with E-state index >= 15 is 0 Å². The number of hydrogen-bond acceptors (Lipinski definition) is 5. The van der Waals surface area contributed by atoms with Crippen molar-refractivity contribution in [3.63, 3.8) is 0 Å². The molecule has 2 rings (SSSR count). The molecule has 1 aliphatic heterocycles. The lowest BCUT2D eigenvalue weighted by atomic mass is 10.1. The summed E-state index contributed by atoms with van der Waals surface area (Å²) in [5.41, 5.74) is 1.84. The van der Waals surface area contributed by atoms with Crippen molar-refractivity contribution in [2.75, 3.05) is 18.4 Å². The average Bonchev–Trinajstić information content (AvgIpc) is 2.55. The van der Waals surface area contributed by atoms with Gasteiger partial charge in [-0.3, -0.25) is 14.8 Å². The van der Waals surface area contributed by atoms with Crippen molar-refractivity contribution in [2.24, 2.45) is 0 Å². The zero-order chi connectivity index (χ0) is 16.8. The second kappa shape index (κ2) is 9.19. The van der Waals surface area contributed by atoms with Gasteiger partial charge >= 0.3 is 0 Å². The second-order valence-corrected chi connectivity index (χ2v) is 5.36. The molecule has 0 aliphatic carbocycles. The number of hydrogen-bond donors (Lipinski definition) is 3. The van der Waals surface area contributed by atoms with Gasteiger partial charge < -0.3 is 10.2 Å². The number of carbonyl (C=O) groups excluding carboxylic acids is 2. The lowest BCUT2D eigenvalue weighted by Crippen LogP contribution is -2.44. The largest absolute Gasteiger partial charge is 0.363 e. The monoisotopic (exact) mass is 358 g/mol. The van der Waals surface area contributed by atoms with E-state index in [9.17, 15) is 14.0 Å². The van der Waals surface area contributed by atoms with Gasteiger partial charge in [0.05, 0.1) is 0 Å². The Morgan fingerprint density at radius 3 is 2.88 bits per heavy atom. The first kappa shape index (κ1) is 19.9. The minimum absolute atomic E-state index is 0. The first-order chi connectivity index (χ1) is 11.0. The van der Waals surface area contributed by atoms with E-state index in [-0.39, 0.29) is 30.2 Å². The Labute approximate surface area is 145 Å². The van der Waals surface area contributed by atoms with Crippen LogP contribution in [0.1, 0.15) is 25.3 Å². The Balaban J connectivity index is 0.00000288. The molecule has 0 bridgehead atoms. The molecule has 1 aromatic heterocycles. The first-order valence-electron chi connectivity index (χ1n) is 7.29. The summed E-state index contributed by atoms with van der Waals surface area (Å²) in [6.07, 6.45) is 5.51. The molecule has 0 aromatic carbocycles. The molecule has 7 nitrogen and oxygen atoms in total. The molecule has 0 unspecified atom stereocenters. The molecule has 1 saturated heterocycles. The van der Waals surface area contributed by atoms with E-state index in [1.165, 1.54) is 30.7 Å². The molecule has 0 radical (unpaired) electrons. The van der Waals surface area contributed by atoms with Crippen LogP contribution in [0.3, 0.4) is 0 Å². The molecule has 1 fully saturated rings. The van der Waals surface area contributed by atoms with Crippen molar-refractivity contribution in [3.05, 3.63) is 29.7 Å². The molecule has 2 amide bonds. The molecular weight excluding hydrogens is 339 g/mol. The number of piperidine rings is 1. The standard InChI is InChI=1S/C15H19FN4O3.ClH/c1-10(21)20-6-2-3-12(9-20)18-15-13(16)7-11(8-17-15)4-5-14(22)19-23;/h4-5,7-8,12,23H,2-3,6,9H2,1H3,(H,17,18)(H,19,22);1H/t12-;/m1./s1. The fourth-order valence-electron chi connectivity index (χ4n) is 2.43. The van der Waals surface area contributed by atoms with E-state index in [1.54, 1.807) is 4.90 Å². The topological polar surface area (TPSA) is 94.6 Å². The number of aromatic nitrogens is 1. The van der Waals surface area contributed by atoms with Crippen LogP contribution in [0.5, 0.6) is 0 Å². The van der Waals surface area contributed by atoms with Crippen molar-refractivity contribution in [1.29, 1.82) is 0 Å². The summed E-state index contributed by atoms with van der Waals surface area (Å²) in [5, 5.41) is 11.4. The van der Waals surface area contributed by atoms with Crippen LogP contribution < -0.4 is 10.8 Å². The third kappa shape index (κ3) is 5.47. The number of rotatable bonds is 4. The molecule has 24 heavy (non-hydrogen) atoms. The fourth-order valence-corrected chi connectivity index (χ4v) is 2.43. The van der Waals surface area contributed by atoms with Crippen LogP contribution in [0.4, 0.5) is 10.2 Å². The summed E-state index contributed by atoms with van der Waals surface area (Å²) in [4.78, 5) is 28.0. The Kier molecular flexibility index (Phi) is 7.60. The third-order valence-corrected chi connectivity index (χ3v) is 3.61. The highest BCUT2D eigenvalue weighted by Crippen LogP contribution is 2.18. The van der Waals surface area contributed by atoms with E-state index in [2.05, 4.69) is 10.3 Å². The number of amides is 2. The Morgan fingerprint density at radius 1 is 1.50 bits per heavy atom. The molecule has 1 aromatic rings. The third-order valence-electron chi connectivity index (χ3n) is 3.61. The number of halogens is 2. The van der Waals surface area contributed by atoms with Gasteiger partial charge in [0.2, 0.25) is 5.91 Å². The molecule has 9 heteroatoms. The van der Waals surface area contributed by atoms with Gasteiger partial charge in [-0.15, -0.1) is 12.4 Å². The van der Waals surface area contributed by atoms with E-state index in [4.69, 9.17) is 5.21 Å². The highest BCUT2D eigenvalue weighted by Gasteiger charge is 2.22. The van der Waals surface area contributed by atoms with Crippen molar-refractivity contribution < 1.29 is 19.2 Å². The van der Waals surface area contributed by atoms with E-state index in [1.807, 2.05) is 0 Å². The summed E-state index contributed by atoms with van der Waals surface area (Å²) >= 11 is 0. The number of anilines is 1. The minimum atomic E-state index is -0.709. The smallest absolute Gasteiger partial charge is 0.267 e. The maximum absolute atomic E-state index is 14.1. The zero-order valence-electron chi connectivity index (χ0n) is 13.2. The normalized spacial score (nSPS) is 17.3. The number of hydroxylamine groups is 1. The van der Waals surface area contributed by atoms with E-state index < -0.39 is 11.7 Å². The first-order valence-corrected chi connectivity index (χ1v) is 7.29. The van der Waals surface area contributed by atoms with Crippen molar-refractivity contribution in [3.8, 4) is 0 Å². The van der Waals surface area contributed by atoms with Crippen LogP contribution in [0.2, 0.25) is 0 Å². The van der Waals surface area contributed by atoms with Crippen LogP contribution in [0, 0.1) is 5.82 Å². The van der Waals surface area contributed by atoms with Gasteiger partial charge in [0.1, 0.15) is 0 Å². The van der Waals surface area contributed by atoms with Crippen LogP contribution in [0.25, 0.3) is 6.08 Å². The minimum Gasteiger partial charge on any atom is -0.363 e. The maximum atomic E-state index is 14.1. The number of carbonyl (C=O) groups is 2. The maximum Gasteiger partial charge on any atom is 0.267 e. The Morgan fingerprint density at radius 2 is 2.25 bits per heavy atom. The van der Waals surface area contributed by atoms with Crippen LogP contribution in [-0.4, -0.2) is 46.0 Å². The van der Waals surface area contributed by atoms with Crippen molar-refractivity contribution in [1.82, 2.24) is 15.4 Å². The molecule has 132 valence electrons. The highest BCUT2D eigenvalue weighted by atomic mass is 35.5. The summed E-state index contributed by atoms with van der Waals surface area (Å²) in [6, 6.07) is 1.19. The van der Waals surface area contributed by atoms with E-state index in [0.717, 1.165) is 25.5 Å². The molecule has 3 N–H and O–H groups in total. The van der Waals surface area contributed by atoms with Gasteiger partial charge in [-0.05, 0) is 30.5 Å². The molecule has 2 heterocycles. The van der Waals surface area contributed by atoms with Gasteiger partial charge in [0.15, 0.2) is 11.6 Å². The molecule has 1 aliphatic rings.